The van der Waals surface area contributed by atoms with Crippen LogP contribution in [-0.4, -0.2) is 9.94 Å². The fourth-order valence-electron chi connectivity index (χ4n) is 1.20. The lowest BCUT2D eigenvalue weighted by molar-refractivity contribution is 0.165. The molecular formula is C7H8N4O2. The Bertz CT molecular complexity index is 525. The lowest BCUT2D eigenvalue weighted by atomic mass is 10.2. The summed E-state index contributed by atoms with van der Waals surface area (Å²) in [6.07, 6.45) is 0. The highest BCUT2D eigenvalue weighted by atomic mass is 16.5. The van der Waals surface area contributed by atoms with Crippen LogP contribution in [0.25, 0.3) is 11.1 Å². The van der Waals surface area contributed by atoms with Crippen molar-refractivity contribution >= 4 is 22.5 Å². The lowest BCUT2D eigenvalue weighted by Gasteiger charge is -1.97. The molecule has 0 aliphatic carbocycles. The van der Waals surface area contributed by atoms with E-state index in [0.717, 1.165) is 0 Å². The van der Waals surface area contributed by atoms with Crippen LogP contribution in [0.4, 0.5) is 11.4 Å². The number of benzene rings is 1. The van der Waals surface area contributed by atoms with Gasteiger partial charge in [0.05, 0.1) is 5.69 Å². The van der Waals surface area contributed by atoms with E-state index in [0.29, 0.717) is 16.0 Å². The van der Waals surface area contributed by atoms with Gasteiger partial charge in [0.1, 0.15) is 0 Å². The largest absolute Gasteiger partial charge is 0.423 e. The molecule has 68 valence electrons. The quantitative estimate of drug-likeness (QED) is 0.340. The summed E-state index contributed by atoms with van der Waals surface area (Å²) in [7, 11) is 0. The van der Waals surface area contributed by atoms with Gasteiger partial charge in [-0.3, -0.25) is 0 Å². The fourth-order valence-corrected chi connectivity index (χ4v) is 1.20. The molecule has 0 spiro atoms. The monoisotopic (exact) mass is 180 g/mol. The maximum absolute atomic E-state index is 9.28. The zero-order valence-corrected chi connectivity index (χ0v) is 6.61. The Morgan fingerprint density at radius 1 is 1.38 bits per heavy atom. The van der Waals surface area contributed by atoms with Crippen molar-refractivity contribution in [2.75, 3.05) is 11.5 Å². The van der Waals surface area contributed by atoms with Gasteiger partial charge in [-0.05, 0) is 6.07 Å². The predicted molar refractivity (Wildman–Crippen MR) is 46.1 cm³/mol. The number of oxazole rings is 1. The fraction of sp³-hybridized carbons (Fsp3) is 0. The summed E-state index contributed by atoms with van der Waals surface area (Å²) in [6.45, 7) is 0. The highest BCUT2D eigenvalue weighted by Gasteiger charge is 2.09. The molecule has 1 aromatic carbocycles. The number of nitrogen functional groups attached to an aromatic ring is 2. The van der Waals surface area contributed by atoms with Crippen LogP contribution >= 0.6 is 0 Å². The number of hydrogen-bond donors (Lipinski definition) is 4. The zero-order valence-electron chi connectivity index (χ0n) is 6.61. The Morgan fingerprint density at radius 3 is 2.77 bits per heavy atom. The van der Waals surface area contributed by atoms with E-state index in [2.05, 4.69) is 0 Å². The van der Waals surface area contributed by atoms with Gasteiger partial charge in [-0.25, -0.2) is 5.41 Å². The van der Waals surface area contributed by atoms with Crippen LogP contribution in [0.2, 0.25) is 0 Å². The van der Waals surface area contributed by atoms with Crippen LogP contribution in [0.5, 0.6) is 0 Å². The van der Waals surface area contributed by atoms with Crippen molar-refractivity contribution in [2.24, 2.45) is 0 Å². The summed E-state index contributed by atoms with van der Waals surface area (Å²) in [5.41, 5.74) is 11.9. The van der Waals surface area contributed by atoms with Crippen LogP contribution in [0.3, 0.4) is 0 Å². The van der Waals surface area contributed by atoms with Gasteiger partial charge in [-0.15, -0.1) is 4.73 Å². The Morgan fingerprint density at radius 2 is 2.08 bits per heavy atom. The van der Waals surface area contributed by atoms with Gasteiger partial charge in [0.25, 0.3) is 0 Å². The van der Waals surface area contributed by atoms with Gasteiger partial charge in [0.2, 0.25) is 0 Å². The summed E-state index contributed by atoms with van der Waals surface area (Å²) in [4.78, 5) is 0. The minimum atomic E-state index is -0.382. The Kier molecular flexibility index (Phi) is 1.27. The summed E-state index contributed by atoms with van der Waals surface area (Å²) in [6, 6.07) is 2.99. The summed E-state index contributed by atoms with van der Waals surface area (Å²) < 4.78 is 5.45. The average molecular weight is 180 g/mol. The third-order valence-electron chi connectivity index (χ3n) is 1.74. The molecule has 0 unspecified atom stereocenters. The number of anilines is 2. The van der Waals surface area contributed by atoms with Crippen molar-refractivity contribution in [2.45, 2.75) is 0 Å². The van der Waals surface area contributed by atoms with E-state index >= 15 is 0 Å². The number of aromatic nitrogens is 1. The van der Waals surface area contributed by atoms with Crippen LogP contribution < -0.4 is 17.2 Å². The van der Waals surface area contributed by atoms with Gasteiger partial charge in [-0.2, -0.15) is 0 Å². The third-order valence-corrected chi connectivity index (χ3v) is 1.74. The lowest BCUT2D eigenvalue weighted by Crippen LogP contribution is -2.10. The molecule has 0 fully saturated rings. The van der Waals surface area contributed by atoms with Gasteiger partial charge in [0.15, 0.2) is 11.1 Å². The summed E-state index contributed by atoms with van der Waals surface area (Å²) in [5, 5.41) is 16.4. The van der Waals surface area contributed by atoms with E-state index in [1.807, 2.05) is 0 Å². The molecule has 0 atom stereocenters. The molecule has 0 radical (unpaired) electrons. The molecule has 1 aromatic heterocycles. The van der Waals surface area contributed by atoms with E-state index in [1.165, 1.54) is 12.1 Å². The van der Waals surface area contributed by atoms with Gasteiger partial charge < -0.3 is 21.1 Å². The van der Waals surface area contributed by atoms with Crippen molar-refractivity contribution in [1.82, 2.24) is 4.73 Å². The van der Waals surface area contributed by atoms with E-state index in [1.54, 1.807) is 0 Å². The maximum Gasteiger partial charge on any atom is 0.328 e. The van der Waals surface area contributed by atoms with E-state index in [9.17, 15) is 5.21 Å². The van der Waals surface area contributed by atoms with Crippen molar-refractivity contribution in [1.29, 1.82) is 5.41 Å². The van der Waals surface area contributed by atoms with E-state index in [4.69, 9.17) is 21.3 Å². The molecule has 0 aliphatic heterocycles. The Hall–Kier alpha value is -2.11. The topological polar surface area (TPSA) is 114 Å². The molecule has 0 saturated carbocycles. The minimum absolute atomic E-state index is 0.263. The van der Waals surface area contributed by atoms with Crippen molar-refractivity contribution < 1.29 is 9.62 Å². The molecular weight excluding hydrogens is 172 g/mol. The first kappa shape index (κ1) is 7.53. The zero-order chi connectivity index (χ0) is 9.59. The van der Waals surface area contributed by atoms with Gasteiger partial charge in [0, 0.05) is 11.8 Å². The molecule has 1 heterocycles. The second-order valence-electron chi connectivity index (χ2n) is 2.68. The molecule has 2 aromatic rings. The number of nitrogens with one attached hydrogen (secondary N) is 1. The molecule has 13 heavy (non-hydrogen) atoms. The van der Waals surface area contributed by atoms with Gasteiger partial charge >= 0.3 is 5.68 Å². The predicted octanol–water partition coefficient (Wildman–Crippen LogP) is 0.115. The molecule has 6 heteroatoms. The highest BCUT2D eigenvalue weighted by Crippen LogP contribution is 2.22. The molecule has 2 rings (SSSR count). The number of nitrogens with zero attached hydrogens (tertiary/aromatic N) is 1. The van der Waals surface area contributed by atoms with Crippen LogP contribution in [0, 0.1) is 5.41 Å². The first-order valence-electron chi connectivity index (χ1n) is 3.54. The van der Waals surface area contributed by atoms with Crippen molar-refractivity contribution in [3.05, 3.63) is 17.8 Å². The first-order valence-corrected chi connectivity index (χ1v) is 3.54. The second-order valence-corrected chi connectivity index (χ2v) is 2.68. The third kappa shape index (κ3) is 0.919. The number of nitrogens with two attached hydrogens (primary N) is 2. The van der Waals surface area contributed by atoms with E-state index in [-0.39, 0.29) is 16.9 Å². The highest BCUT2D eigenvalue weighted by molar-refractivity contribution is 5.88. The Balaban J connectivity index is 3.03. The molecule has 0 bridgehead atoms. The molecule has 6 nitrogen and oxygen atoms in total. The van der Waals surface area contributed by atoms with Crippen molar-refractivity contribution in [3.63, 3.8) is 0 Å². The summed E-state index contributed by atoms with van der Waals surface area (Å²) >= 11 is 0. The van der Waals surface area contributed by atoms with Crippen LogP contribution in [0.15, 0.2) is 16.5 Å². The maximum atomic E-state index is 9.28. The number of fused-ring (bicyclic) bond motifs is 1. The smallest absolute Gasteiger partial charge is 0.328 e. The van der Waals surface area contributed by atoms with Crippen molar-refractivity contribution in [3.8, 4) is 0 Å². The SMILES string of the molecule is N=c1oc2cc(N)cc(N)c2n1O. The van der Waals surface area contributed by atoms with Crippen LogP contribution in [0.1, 0.15) is 0 Å². The average Bonchev–Trinajstić information content (AvgIpc) is 2.27. The number of rotatable bonds is 0. The molecule has 6 N–H and O–H groups in total. The Labute approximate surface area is 72.5 Å². The molecule has 0 saturated heterocycles. The molecule has 0 amide bonds. The molecule has 0 aliphatic rings. The second kappa shape index (κ2) is 2.19. The normalized spacial score (nSPS) is 10.8. The van der Waals surface area contributed by atoms with Crippen LogP contribution in [-0.2, 0) is 0 Å². The minimum Gasteiger partial charge on any atom is -0.423 e. The standard InChI is InChI=1S/C7H8N4O2/c8-3-1-4(9)6-5(2-3)13-7(10)11(6)12/h1-2,10,12H,8-9H2. The summed E-state index contributed by atoms with van der Waals surface area (Å²) in [5.74, 6) is 0. The first-order chi connectivity index (χ1) is 6.09. The van der Waals surface area contributed by atoms with Gasteiger partial charge in [-0.1, -0.05) is 0 Å². The van der Waals surface area contributed by atoms with E-state index < -0.39 is 0 Å². The number of hydrogen-bond acceptors (Lipinski definition) is 5.